The number of thioether (sulfide) groups is 1. The molecule has 0 atom stereocenters. The normalized spacial score (nSPS) is 14.7. The van der Waals surface area contributed by atoms with Crippen molar-refractivity contribution >= 4 is 29.3 Å². The van der Waals surface area contributed by atoms with Crippen molar-refractivity contribution in [1.82, 2.24) is 4.90 Å². The van der Waals surface area contributed by atoms with Crippen LogP contribution < -0.4 is 5.32 Å². The fourth-order valence-electron chi connectivity index (χ4n) is 1.43. The number of hydrogen-bond donors (Lipinski definition) is 1. The lowest BCUT2D eigenvalue weighted by Gasteiger charge is -2.20. The molecule has 1 aromatic rings. The van der Waals surface area contributed by atoms with Crippen molar-refractivity contribution in [3.05, 3.63) is 41.7 Å². The van der Waals surface area contributed by atoms with Gasteiger partial charge in [-0.3, -0.25) is 9.59 Å². The van der Waals surface area contributed by atoms with Gasteiger partial charge in [-0.15, -0.1) is 11.8 Å². The van der Waals surface area contributed by atoms with E-state index in [1.54, 1.807) is 11.6 Å². The van der Waals surface area contributed by atoms with Gasteiger partial charge in [-0.25, -0.2) is 4.39 Å². The Kier molecular flexibility index (Phi) is 3.99. The Bertz CT molecular complexity index is 487. The molecule has 1 N–H and O–H groups in total. The highest BCUT2D eigenvalue weighted by molar-refractivity contribution is 8.02. The molecule has 0 unspecified atom stereocenters. The summed E-state index contributed by atoms with van der Waals surface area (Å²) in [6.45, 7) is -0.0345. The van der Waals surface area contributed by atoms with Gasteiger partial charge in [0.05, 0.1) is 5.75 Å². The minimum atomic E-state index is -0.362. The van der Waals surface area contributed by atoms with Gasteiger partial charge in [0.2, 0.25) is 11.8 Å². The molecule has 1 aliphatic heterocycles. The van der Waals surface area contributed by atoms with Crippen molar-refractivity contribution < 1.29 is 14.0 Å². The van der Waals surface area contributed by atoms with E-state index in [-0.39, 0.29) is 24.2 Å². The largest absolute Gasteiger partial charge is 0.325 e. The van der Waals surface area contributed by atoms with Crippen LogP contribution in [0.2, 0.25) is 0 Å². The van der Waals surface area contributed by atoms with Crippen LogP contribution in [-0.2, 0) is 9.59 Å². The van der Waals surface area contributed by atoms with E-state index in [1.165, 1.54) is 40.9 Å². The zero-order valence-corrected chi connectivity index (χ0v) is 10.2. The Morgan fingerprint density at radius 1 is 1.39 bits per heavy atom. The van der Waals surface area contributed by atoms with Crippen LogP contribution in [-0.4, -0.2) is 29.0 Å². The third-order valence-corrected chi connectivity index (χ3v) is 3.03. The number of anilines is 1. The zero-order chi connectivity index (χ0) is 13.0. The number of nitrogens with one attached hydrogen (secondary N) is 1. The molecule has 0 spiro atoms. The first kappa shape index (κ1) is 12.6. The molecule has 2 amide bonds. The van der Waals surface area contributed by atoms with E-state index in [0.29, 0.717) is 11.4 Å². The topological polar surface area (TPSA) is 49.4 Å². The number of benzene rings is 1. The van der Waals surface area contributed by atoms with Crippen molar-refractivity contribution in [3.8, 4) is 0 Å². The third kappa shape index (κ3) is 3.33. The van der Waals surface area contributed by atoms with Crippen molar-refractivity contribution in [2.75, 3.05) is 17.6 Å². The molecular formula is C12H11FN2O2S. The van der Waals surface area contributed by atoms with Gasteiger partial charge in [-0.2, -0.15) is 0 Å². The monoisotopic (exact) mass is 266 g/mol. The summed E-state index contributed by atoms with van der Waals surface area (Å²) in [5.41, 5.74) is 0.504. The summed E-state index contributed by atoms with van der Waals surface area (Å²) in [4.78, 5) is 24.5. The number of carbonyl (C=O) groups is 2. The van der Waals surface area contributed by atoms with E-state index in [1.807, 2.05) is 0 Å². The Morgan fingerprint density at radius 3 is 2.78 bits per heavy atom. The summed E-state index contributed by atoms with van der Waals surface area (Å²) in [7, 11) is 0. The summed E-state index contributed by atoms with van der Waals surface area (Å²) in [6, 6.07) is 5.46. The lowest BCUT2D eigenvalue weighted by Crippen LogP contribution is -2.36. The third-order valence-electron chi connectivity index (χ3n) is 2.31. The van der Waals surface area contributed by atoms with Gasteiger partial charge in [-0.1, -0.05) is 0 Å². The second-order valence-corrected chi connectivity index (χ2v) is 4.57. The highest BCUT2D eigenvalue weighted by atomic mass is 32.2. The molecule has 4 nitrogen and oxygen atoms in total. The Labute approximate surface area is 108 Å². The number of amides is 2. The molecule has 0 saturated carbocycles. The highest BCUT2D eigenvalue weighted by Crippen LogP contribution is 2.13. The summed E-state index contributed by atoms with van der Waals surface area (Å²) >= 11 is 1.39. The highest BCUT2D eigenvalue weighted by Gasteiger charge is 2.17. The van der Waals surface area contributed by atoms with Gasteiger partial charge in [0.15, 0.2) is 0 Å². The Balaban J connectivity index is 1.92. The molecule has 0 bridgehead atoms. The van der Waals surface area contributed by atoms with Crippen LogP contribution in [0.3, 0.4) is 0 Å². The molecule has 0 aromatic heterocycles. The number of halogens is 1. The van der Waals surface area contributed by atoms with Gasteiger partial charge in [0, 0.05) is 11.9 Å². The van der Waals surface area contributed by atoms with E-state index >= 15 is 0 Å². The predicted octanol–water partition coefficient (Wildman–Crippen LogP) is 1.81. The molecule has 0 aliphatic carbocycles. The second kappa shape index (κ2) is 5.68. The van der Waals surface area contributed by atoms with E-state index in [2.05, 4.69) is 5.32 Å². The van der Waals surface area contributed by atoms with Gasteiger partial charge in [0.25, 0.3) is 0 Å². The molecule has 18 heavy (non-hydrogen) atoms. The quantitative estimate of drug-likeness (QED) is 0.907. The van der Waals surface area contributed by atoms with E-state index in [9.17, 15) is 14.0 Å². The molecule has 1 aliphatic rings. The Hall–Kier alpha value is -1.82. The number of hydrogen-bond acceptors (Lipinski definition) is 3. The molecule has 0 fully saturated rings. The molecular weight excluding hydrogens is 255 g/mol. The smallest absolute Gasteiger partial charge is 0.244 e. The van der Waals surface area contributed by atoms with E-state index in [4.69, 9.17) is 0 Å². The van der Waals surface area contributed by atoms with Gasteiger partial charge in [0.1, 0.15) is 12.4 Å². The van der Waals surface area contributed by atoms with E-state index in [0.717, 1.165) is 0 Å². The van der Waals surface area contributed by atoms with Crippen molar-refractivity contribution in [3.63, 3.8) is 0 Å². The summed E-state index contributed by atoms with van der Waals surface area (Å²) in [5, 5.41) is 4.37. The van der Waals surface area contributed by atoms with Gasteiger partial charge in [-0.05, 0) is 29.7 Å². The van der Waals surface area contributed by atoms with Gasteiger partial charge >= 0.3 is 0 Å². The van der Waals surface area contributed by atoms with Crippen molar-refractivity contribution in [1.29, 1.82) is 0 Å². The van der Waals surface area contributed by atoms with Crippen LogP contribution in [0.1, 0.15) is 0 Å². The van der Waals surface area contributed by atoms with Crippen molar-refractivity contribution in [2.45, 2.75) is 0 Å². The summed E-state index contributed by atoms with van der Waals surface area (Å²) in [5.74, 6) is -0.428. The standard InChI is InChI=1S/C12H11FN2O2S/c13-9-1-3-10(4-2-9)14-11(16)7-15-5-6-18-8-12(15)17/h1-6H,7-8H2,(H,14,16). The SMILES string of the molecule is O=C(CN1C=CSCC1=O)Nc1ccc(F)cc1. The lowest BCUT2D eigenvalue weighted by atomic mass is 10.3. The summed E-state index contributed by atoms with van der Waals surface area (Å²) < 4.78 is 12.7. The molecule has 94 valence electrons. The van der Waals surface area contributed by atoms with Crippen LogP contribution in [0.4, 0.5) is 10.1 Å². The fraction of sp³-hybridized carbons (Fsp3) is 0.167. The average Bonchev–Trinajstić information content (AvgIpc) is 2.35. The van der Waals surface area contributed by atoms with Crippen LogP contribution in [0.25, 0.3) is 0 Å². The maximum Gasteiger partial charge on any atom is 0.244 e. The maximum absolute atomic E-state index is 12.7. The first-order valence-electron chi connectivity index (χ1n) is 5.28. The fourth-order valence-corrected chi connectivity index (χ4v) is 2.07. The molecule has 2 rings (SSSR count). The zero-order valence-electron chi connectivity index (χ0n) is 9.43. The molecule has 0 radical (unpaired) electrons. The Morgan fingerprint density at radius 2 is 2.11 bits per heavy atom. The molecule has 0 saturated heterocycles. The van der Waals surface area contributed by atoms with Crippen LogP contribution in [0.5, 0.6) is 0 Å². The van der Waals surface area contributed by atoms with Crippen LogP contribution in [0, 0.1) is 5.82 Å². The molecule has 1 aromatic carbocycles. The van der Waals surface area contributed by atoms with Crippen LogP contribution in [0.15, 0.2) is 35.9 Å². The minimum Gasteiger partial charge on any atom is -0.325 e. The summed E-state index contributed by atoms with van der Waals surface area (Å²) in [6.07, 6.45) is 1.58. The van der Waals surface area contributed by atoms with Crippen LogP contribution >= 0.6 is 11.8 Å². The van der Waals surface area contributed by atoms with E-state index < -0.39 is 0 Å². The minimum absolute atomic E-state index is 0.0345. The average molecular weight is 266 g/mol. The molecule has 6 heteroatoms. The molecule has 1 heterocycles. The van der Waals surface area contributed by atoms with Crippen molar-refractivity contribution in [2.24, 2.45) is 0 Å². The number of nitrogens with zero attached hydrogens (tertiary/aromatic N) is 1. The predicted molar refractivity (Wildman–Crippen MR) is 68.3 cm³/mol. The second-order valence-electron chi connectivity index (χ2n) is 3.67. The first-order chi connectivity index (χ1) is 8.65. The first-order valence-corrected chi connectivity index (χ1v) is 6.33. The maximum atomic E-state index is 12.7. The number of rotatable bonds is 3. The number of carbonyl (C=O) groups excluding carboxylic acids is 2. The van der Waals surface area contributed by atoms with Gasteiger partial charge < -0.3 is 10.2 Å². The lowest BCUT2D eigenvalue weighted by molar-refractivity contribution is -0.129.